The fourth-order valence-corrected chi connectivity index (χ4v) is 2.67. The van der Waals surface area contributed by atoms with E-state index >= 15 is 0 Å². The van der Waals surface area contributed by atoms with Gasteiger partial charge in [0.15, 0.2) is 0 Å². The molecule has 0 bridgehead atoms. The third-order valence-corrected chi connectivity index (χ3v) is 3.94. The van der Waals surface area contributed by atoms with Gasteiger partial charge in [-0.05, 0) is 54.0 Å². The smallest absolute Gasteiger partial charge is 0.242 e. The minimum absolute atomic E-state index is 0.421. The number of fused-ring (bicyclic) bond motifs is 1. The van der Waals surface area contributed by atoms with Crippen molar-refractivity contribution in [1.29, 1.82) is 0 Å². The molecular weight excluding hydrogens is 234 g/mol. The Bertz CT molecular complexity index is 444. The summed E-state index contributed by atoms with van der Waals surface area (Å²) in [6.45, 7) is 2.18. The molecule has 1 aromatic carbocycles. The quantitative estimate of drug-likeness (QED) is 0.836. The molecule has 0 saturated carbocycles. The molecular formula is C14H18ClNO. The van der Waals surface area contributed by atoms with Crippen LogP contribution in [0.2, 0.25) is 0 Å². The second-order valence-electron chi connectivity index (χ2n) is 4.94. The van der Waals surface area contributed by atoms with Gasteiger partial charge in [0.25, 0.3) is 0 Å². The van der Waals surface area contributed by atoms with E-state index in [0.717, 1.165) is 6.42 Å². The molecule has 2 nitrogen and oxygen atoms in total. The monoisotopic (exact) mass is 251 g/mol. The van der Waals surface area contributed by atoms with Gasteiger partial charge in [0.1, 0.15) is 0 Å². The van der Waals surface area contributed by atoms with E-state index in [1.807, 2.05) is 6.07 Å². The number of benzene rings is 1. The van der Waals surface area contributed by atoms with Crippen LogP contribution in [-0.4, -0.2) is 10.8 Å². The molecule has 1 aromatic rings. The topological polar surface area (TPSA) is 43.1 Å². The molecule has 0 radical (unpaired) electrons. The van der Waals surface area contributed by atoms with Gasteiger partial charge >= 0.3 is 0 Å². The number of nitrogens with two attached hydrogens (primary N) is 1. The third kappa shape index (κ3) is 2.38. The van der Waals surface area contributed by atoms with E-state index in [1.54, 1.807) is 0 Å². The largest absolute Gasteiger partial charge is 0.317 e. The van der Waals surface area contributed by atoms with Crippen molar-refractivity contribution in [1.82, 2.24) is 0 Å². The number of rotatable bonds is 4. The fourth-order valence-electron chi connectivity index (χ4n) is 2.54. The molecule has 1 aliphatic rings. The van der Waals surface area contributed by atoms with Crippen LogP contribution < -0.4 is 5.73 Å². The van der Waals surface area contributed by atoms with E-state index in [0.29, 0.717) is 12.8 Å². The lowest BCUT2D eigenvalue weighted by Crippen LogP contribution is -2.46. The molecule has 0 fully saturated rings. The maximum Gasteiger partial charge on any atom is 0.242 e. The highest BCUT2D eigenvalue weighted by molar-refractivity contribution is 6.65. The highest BCUT2D eigenvalue weighted by Gasteiger charge is 2.39. The maximum absolute atomic E-state index is 11.4. The van der Waals surface area contributed by atoms with Crippen LogP contribution in [0.1, 0.15) is 36.5 Å². The Balaban J connectivity index is 2.28. The Morgan fingerprint density at radius 1 is 1.47 bits per heavy atom. The SMILES string of the molecule is CCCCc1cccc2c1CC(N)(C(=O)Cl)C2. The minimum atomic E-state index is -0.883. The Kier molecular flexibility index (Phi) is 3.55. The predicted octanol–water partition coefficient (Wildman–Crippen LogP) is 2.59. The Morgan fingerprint density at radius 3 is 2.88 bits per heavy atom. The van der Waals surface area contributed by atoms with Gasteiger partial charge < -0.3 is 5.73 Å². The highest BCUT2D eigenvalue weighted by atomic mass is 35.5. The Labute approximate surface area is 107 Å². The van der Waals surface area contributed by atoms with E-state index < -0.39 is 10.8 Å². The van der Waals surface area contributed by atoms with Gasteiger partial charge in [0.2, 0.25) is 5.24 Å². The third-order valence-electron chi connectivity index (χ3n) is 3.56. The van der Waals surface area contributed by atoms with Crippen molar-refractivity contribution in [2.24, 2.45) is 5.73 Å². The van der Waals surface area contributed by atoms with Crippen LogP contribution in [0.5, 0.6) is 0 Å². The van der Waals surface area contributed by atoms with Gasteiger partial charge in [0.05, 0.1) is 5.54 Å². The number of carbonyl (C=O) groups excluding carboxylic acids is 1. The highest BCUT2D eigenvalue weighted by Crippen LogP contribution is 2.32. The minimum Gasteiger partial charge on any atom is -0.317 e. The molecule has 0 aliphatic heterocycles. The van der Waals surface area contributed by atoms with Gasteiger partial charge in [0, 0.05) is 0 Å². The van der Waals surface area contributed by atoms with E-state index in [-0.39, 0.29) is 0 Å². The molecule has 1 aliphatic carbocycles. The summed E-state index contributed by atoms with van der Waals surface area (Å²) in [4.78, 5) is 11.4. The van der Waals surface area contributed by atoms with Gasteiger partial charge in [-0.25, -0.2) is 0 Å². The zero-order valence-electron chi connectivity index (χ0n) is 10.1. The maximum atomic E-state index is 11.4. The van der Waals surface area contributed by atoms with Crippen molar-refractivity contribution in [3.8, 4) is 0 Å². The molecule has 0 heterocycles. The van der Waals surface area contributed by atoms with Crippen LogP contribution in [0, 0.1) is 0 Å². The van der Waals surface area contributed by atoms with Crippen molar-refractivity contribution >= 4 is 16.8 Å². The first kappa shape index (κ1) is 12.6. The van der Waals surface area contributed by atoms with Crippen LogP contribution in [0.3, 0.4) is 0 Å². The molecule has 1 atom stereocenters. The zero-order valence-corrected chi connectivity index (χ0v) is 10.9. The van der Waals surface area contributed by atoms with E-state index in [2.05, 4.69) is 19.1 Å². The lowest BCUT2D eigenvalue weighted by molar-refractivity contribution is -0.116. The second-order valence-corrected chi connectivity index (χ2v) is 5.29. The summed E-state index contributed by atoms with van der Waals surface area (Å²) < 4.78 is 0. The fraction of sp³-hybridized carbons (Fsp3) is 0.500. The summed E-state index contributed by atoms with van der Waals surface area (Å²) in [6.07, 6.45) is 4.57. The van der Waals surface area contributed by atoms with Gasteiger partial charge in [-0.2, -0.15) is 0 Å². The lowest BCUT2D eigenvalue weighted by Gasteiger charge is -2.17. The standard InChI is InChI=1S/C14H18ClNO/c1-2-3-5-10-6-4-7-11-8-14(16,13(15)17)9-12(10)11/h4,6-7H,2-3,5,8-9,16H2,1H3. The molecule has 0 saturated heterocycles. The van der Waals surface area contributed by atoms with Crippen molar-refractivity contribution in [3.63, 3.8) is 0 Å². The normalized spacial score (nSPS) is 22.5. The zero-order chi connectivity index (χ0) is 12.5. The molecule has 2 rings (SSSR count). The molecule has 3 heteroatoms. The van der Waals surface area contributed by atoms with Crippen LogP contribution in [0.25, 0.3) is 0 Å². The summed E-state index contributed by atoms with van der Waals surface area (Å²) in [5.74, 6) is 0. The number of aryl methyl sites for hydroxylation is 1. The van der Waals surface area contributed by atoms with Crippen LogP contribution in [0.15, 0.2) is 18.2 Å². The summed E-state index contributed by atoms with van der Waals surface area (Å²) in [7, 11) is 0. The molecule has 0 spiro atoms. The number of unbranched alkanes of at least 4 members (excludes halogenated alkanes) is 1. The van der Waals surface area contributed by atoms with Crippen molar-refractivity contribution in [3.05, 3.63) is 34.9 Å². The second kappa shape index (κ2) is 4.79. The Morgan fingerprint density at radius 2 is 2.24 bits per heavy atom. The molecule has 92 valence electrons. The summed E-state index contributed by atoms with van der Waals surface area (Å²) in [6, 6.07) is 6.24. The predicted molar refractivity (Wildman–Crippen MR) is 70.2 cm³/mol. The van der Waals surface area contributed by atoms with E-state index in [9.17, 15) is 4.79 Å². The number of carbonyl (C=O) groups is 1. The Hall–Kier alpha value is -0.860. The van der Waals surface area contributed by atoms with Crippen molar-refractivity contribution in [2.75, 3.05) is 0 Å². The first-order valence-electron chi connectivity index (χ1n) is 6.15. The summed E-state index contributed by atoms with van der Waals surface area (Å²) in [5, 5.41) is -0.421. The number of hydrogen-bond donors (Lipinski definition) is 1. The van der Waals surface area contributed by atoms with Crippen molar-refractivity contribution in [2.45, 2.75) is 44.6 Å². The number of hydrogen-bond acceptors (Lipinski definition) is 2. The van der Waals surface area contributed by atoms with Crippen LogP contribution in [0.4, 0.5) is 0 Å². The number of halogens is 1. The van der Waals surface area contributed by atoms with Crippen LogP contribution in [-0.2, 0) is 24.1 Å². The lowest BCUT2D eigenvalue weighted by atomic mass is 9.97. The molecule has 2 N–H and O–H groups in total. The van der Waals surface area contributed by atoms with E-state index in [1.165, 1.54) is 29.5 Å². The van der Waals surface area contributed by atoms with Crippen molar-refractivity contribution < 1.29 is 4.79 Å². The molecule has 0 aromatic heterocycles. The van der Waals surface area contributed by atoms with Gasteiger partial charge in [-0.3, -0.25) is 4.79 Å². The van der Waals surface area contributed by atoms with Crippen LogP contribution >= 0.6 is 11.6 Å². The molecule has 0 amide bonds. The summed E-state index contributed by atoms with van der Waals surface area (Å²) >= 11 is 5.61. The average molecular weight is 252 g/mol. The molecule has 1 unspecified atom stereocenters. The first-order valence-corrected chi connectivity index (χ1v) is 6.53. The first-order chi connectivity index (χ1) is 8.07. The molecule has 17 heavy (non-hydrogen) atoms. The van der Waals surface area contributed by atoms with Gasteiger partial charge in [-0.1, -0.05) is 31.5 Å². The van der Waals surface area contributed by atoms with Gasteiger partial charge in [-0.15, -0.1) is 0 Å². The van der Waals surface area contributed by atoms with E-state index in [4.69, 9.17) is 17.3 Å². The average Bonchev–Trinajstić information content (AvgIpc) is 2.64. The summed E-state index contributed by atoms with van der Waals surface area (Å²) in [5.41, 5.74) is 8.95.